The third-order valence-corrected chi connectivity index (χ3v) is 4.17. The van der Waals surface area contributed by atoms with Crippen molar-refractivity contribution in [3.8, 4) is 5.75 Å². The van der Waals surface area contributed by atoms with Crippen molar-refractivity contribution in [2.24, 2.45) is 0 Å². The topological polar surface area (TPSA) is 47.3 Å². The van der Waals surface area contributed by atoms with Crippen molar-refractivity contribution in [3.05, 3.63) is 41.8 Å². The van der Waals surface area contributed by atoms with Crippen molar-refractivity contribution in [3.63, 3.8) is 0 Å². The molecule has 0 radical (unpaired) electrons. The van der Waals surface area contributed by atoms with Crippen LogP contribution < -0.4 is 10.1 Å². The Balaban J connectivity index is 2.09. The van der Waals surface area contributed by atoms with Crippen LogP contribution in [0.15, 0.2) is 40.2 Å². The minimum Gasteiger partial charge on any atom is -0.497 e. The van der Waals surface area contributed by atoms with Crippen LogP contribution in [-0.4, -0.2) is 24.4 Å². The van der Waals surface area contributed by atoms with Gasteiger partial charge in [-0.25, -0.2) is 4.98 Å². The van der Waals surface area contributed by atoms with Crippen LogP contribution >= 0.6 is 11.8 Å². The normalized spacial score (nSPS) is 14.0. The second kappa shape index (κ2) is 6.81. The molecule has 4 nitrogen and oxygen atoms in total. The molecule has 0 aliphatic heterocycles. The van der Waals surface area contributed by atoms with Crippen LogP contribution in [0.25, 0.3) is 0 Å². The fourth-order valence-corrected chi connectivity index (χ4v) is 3.14. The standard InChI is InChI=1S/C15H20N2O2S/c1-10-9-19-15(17-10)20-11(2)14(16-3)12-5-7-13(18-4)8-6-12/h5-9,11,14,16H,1-4H3. The summed E-state index contributed by atoms with van der Waals surface area (Å²) in [4.78, 5) is 4.34. The first-order valence-corrected chi connectivity index (χ1v) is 7.42. The maximum Gasteiger partial charge on any atom is 0.256 e. The van der Waals surface area contributed by atoms with Gasteiger partial charge >= 0.3 is 0 Å². The van der Waals surface area contributed by atoms with Crippen LogP contribution in [-0.2, 0) is 0 Å². The van der Waals surface area contributed by atoms with Gasteiger partial charge in [0, 0.05) is 11.3 Å². The second-order valence-electron chi connectivity index (χ2n) is 4.62. The first kappa shape index (κ1) is 14.9. The van der Waals surface area contributed by atoms with Gasteiger partial charge in [0.25, 0.3) is 5.22 Å². The quantitative estimate of drug-likeness (QED) is 0.827. The Bertz CT molecular complexity index is 539. The van der Waals surface area contributed by atoms with Crippen molar-refractivity contribution >= 4 is 11.8 Å². The highest BCUT2D eigenvalue weighted by Gasteiger charge is 2.20. The lowest BCUT2D eigenvalue weighted by Crippen LogP contribution is -2.25. The van der Waals surface area contributed by atoms with E-state index in [9.17, 15) is 0 Å². The van der Waals surface area contributed by atoms with E-state index in [-0.39, 0.29) is 6.04 Å². The molecule has 0 spiro atoms. The van der Waals surface area contributed by atoms with Gasteiger partial charge in [-0.1, -0.05) is 30.8 Å². The molecule has 20 heavy (non-hydrogen) atoms. The lowest BCUT2D eigenvalue weighted by Gasteiger charge is -2.22. The predicted octanol–water partition coefficient (Wildman–Crippen LogP) is 3.43. The van der Waals surface area contributed by atoms with E-state index < -0.39 is 0 Å². The van der Waals surface area contributed by atoms with Crippen LogP contribution in [0.1, 0.15) is 24.2 Å². The summed E-state index contributed by atoms with van der Waals surface area (Å²) < 4.78 is 10.6. The zero-order valence-corrected chi connectivity index (χ0v) is 13.0. The van der Waals surface area contributed by atoms with Gasteiger partial charge in [-0.05, 0) is 31.7 Å². The predicted molar refractivity (Wildman–Crippen MR) is 81.4 cm³/mol. The van der Waals surface area contributed by atoms with Gasteiger partial charge in [0.15, 0.2) is 0 Å². The third-order valence-electron chi connectivity index (χ3n) is 3.14. The molecule has 2 atom stereocenters. The summed E-state index contributed by atoms with van der Waals surface area (Å²) in [7, 11) is 3.64. The largest absolute Gasteiger partial charge is 0.497 e. The van der Waals surface area contributed by atoms with Crippen molar-refractivity contribution in [1.82, 2.24) is 10.3 Å². The van der Waals surface area contributed by atoms with E-state index in [0.717, 1.165) is 11.4 Å². The van der Waals surface area contributed by atoms with Gasteiger partial charge in [0.1, 0.15) is 12.0 Å². The Morgan fingerprint density at radius 3 is 2.50 bits per heavy atom. The number of thioether (sulfide) groups is 1. The number of aromatic nitrogens is 1. The Morgan fingerprint density at radius 2 is 2.00 bits per heavy atom. The molecule has 0 fully saturated rings. The van der Waals surface area contributed by atoms with E-state index in [1.165, 1.54) is 5.56 Å². The van der Waals surface area contributed by atoms with Crippen molar-refractivity contribution in [1.29, 1.82) is 0 Å². The molecule has 1 aromatic carbocycles. The minimum atomic E-state index is 0.220. The zero-order valence-electron chi connectivity index (χ0n) is 12.2. The third kappa shape index (κ3) is 3.55. The number of rotatable bonds is 6. The number of nitrogens with zero attached hydrogens (tertiary/aromatic N) is 1. The van der Waals surface area contributed by atoms with Crippen LogP contribution in [0.5, 0.6) is 5.75 Å². The second-order valence-corrected chi connectivity index (χ2v) is 5.95. The number of nitrogens with one attached hydrogen (secondary N) is 1. The summed E-state index contributed by atoms with van der Waals surface area (Å²) >= 11 is 1.63. The van der Waals surface area contributed by atoms with Gasteiger partial charge in [-0.15, -0.1) is 0 Å². The molecule has 2 aromatic rings. The molecule has 0 saturated carbocycles. The molecular weight excluding hydrogens is 272 g/mol. The Kier molecular flexibility index (Phi) is 5.09. The maximum atomic E-state index is 5.41. The molecule has 1 N–H and O–H groups in total. The molecule has 108 valence electrons. The molecule has 1 aromatic heterocycles. The smallest absolute Gasteiger partial charge is 0.256 e. The highest BCUT2D eigenvalue weighted by Crippen LogP contribution is 2.31. The van der Waals surface area contributed by atoms with Gasteiger partial charge < -0.3 is 14.5 Å². The van der Waals surface area contributed by atoms with Gasteiger partial charge in [0.2, 0.25) is 0 Å². The zero-order chi connectivity index (χ0) is 14.5. The summed E-state index contributed by atoms with van der Waals surface area (Å²) in [5.74, 6) is 0.868. The van der Waals surface area contributed by atoms with Crippen LogP contribution in [0.3, 0.4) is 0 Å². The number of ether oxygens (including phenoxy) is 1. The van der Waals surface area contributed by atoms with Crippen LogP contribution in [0, 0.1) is 6.92 Å². The SMILES string of the molecule is CNC(c1ccc(OC)cc1)C(C)Sc1nc(C)co1. The van der Waals surface area contributed by atoms with E-state index in [0.29, 0.717) is 10.5 Å². The van der Waals surface area contributed by atoms with Crippen molar-refractivity contribution in [2.45, 2.75) is 30.4 Å². The molecule has 1 heterocycles. The molecule has 2 unspecified atom stereocenters. The average molecular weight is 292 g/mol. The Hall–Kier alpha value is -1.46. The highest BCUT2D eigenvalue weighted by molar-refractivity contribution is 7.99. The summed E-state index contributed by atoms with van der Waals surface area (Å²) in [5, 5.41) is 4.36. The average Bonchev–Trinajstić information content (AvgIpc) is 2.85. The summed E-state index contributed by atoms with van der Waals surface area (Å²) in [5.41, 5.74) is 2.13. The van der Waals surface area contributed by atoms with Crippen LogP contribution in [0.4, 0.5) is 0 Å². The number of hydrogen-bond acceptors (Lipinski definition) is 5. The lowest BCUT2D eigenvalue weighted by molar-refractivity contribution is 0.414. The number of methoxy groups -OCH3 is 1. The first-order chi connectivity index (χ1) is 9.63. The number of hydrogen-bond donors (Lipinski definition) is 1. The van der Waals surface area contributed by atoms with Crippen LogP contribution in [0.2, 0.25) is 0 Å². The molecule has 0 saturated heterocycles. The highest BCUT2D eigenvalue weighted by atomic mass is 32.2. The molecule has 2 rings (SSSR count). The van der Waals surface area contributed by atoms with E-state index in [1.54, 1.807) is 25.1 Å². The summed E-state index contributed by atoms with van der Waals surface area (Å²) in [6, 6.07) is 8.34. The van der Waals surface area contributed by atoms with E-state index >= 15 is 0 Å². The van der Waals surface area contributed by atoms with Crippen molar-refractivity contribution < 1.29 is 9.15 Å². The summed E-state index contributed by atoms with van der Waals surface area (Å²) in [6.07, 6.45) is 1.68. The fourth-order valence-electron chi connectivity index (χ4n) is 2.10. The van der Waals surface area contributed by atoms with Gasteiger partial charge in [0.05, 0.1) is 12.8 Å². The molecule has 0 aliphatic rings. The molecule has 0 bridgehead atoms. The molecule has 0 aliphatic carbocycles. The Morgan fingerprint density at radius 1 is 1.30 bits per heavy atom. The van der Waals surface area contributed by atoms with Gasteiger partial charge in [-0.2, -0.15) is 0 Å². The number of aryl methyl sites for hydroxylation is 1. The monoisotopic (exact) mass is 292 g/mol. The van der Waals surface area contributed by atoms with Gasteiger partial charge in [-0.3, -0.25) is 0 Å². The number of benzene rings is 1. The fraction of sp³-hybridized carbons (Fsp3) is 0.400. The molecule has 0 amide bonds. The van der Waals surface area contributed by atoms with Crippen molar-refractivity contribution in [2.75, 3.05) is 14.2 Å². The van der Waals surface area contributed by atoms with E-state index in [1.807, 2.05) is 26.1 Å². The summed E-state index contributed by atoms with van der Waals surface area (Å²) in [6.45, 7) is 4.09. The van der Waals surface area contributed by atoms with E-state index in [4.69, 9.17) is 9.15 Å². The molecule has 5 heteroatoms. The first-order valence-electron chi connectivity index (χ1n) is 6.54. The minimum absolute atomic E-state index is 0.220. The Labute approximate surface area is 123 Å². The number of oxazole rings is 1. The maximum absolute atomic E-state index is 5.41. The molecular formula is C15H20N2O2S. The van der Waals surface area contributed by atoms with E-state index in [2.05, 4.69) is 29.4 Å². The lowest BCUT2D eigenvalue weighted by atomic mass is 10.0.